The van der Waals surface area contributed by atoms with Crippen LogP contribution in [0.1, 0.15) is 34.4 Å². The number of carbonyl (C=O) groups excluding carboxylic acids is 1. The van der Waals surface area contributed by atoms with Crippen molar-refractivity contribution in [2.45, 2.75) is 27.2 Å². The third kappa shape index (κ3) is 2.50. The summed E-state index contributed by atoms with van der Waals surface area (Å²) in [5.74, 6) is 1.12. The van der Waals surface area contributed by atoms with Gasteiger partial charge in [0.05, 0.1) is 17.0 Å². The minimum absolute atomic E-state index is 0.452. The number of pyridine rings is 1. The molecule has 0 aliphatic rings. The van der Waals surface area contributed by atoms with Crippen molar-refractivity contribution >= 4 is 6.29 Å². The van der Waals surface area contributed by atoms with E-state index in [1.807, 2.05) is 26.0 Å². The molecule has 5 heteroatoms. The van der Waals surface area contributed by atoms with E-state index in [2.05, 4.69) is 10.1 Å². The number of hydrogen-bond acceptors (Lipinski definition) is 4. The van der Waals surface area contributed by atoms with Crippen LogP contribution in [0.15, 0.2) is 12.1 Å². The zero-order chi connectivity index (χ0) is 14.0. The van der Waals surface area contributed by atoms with Gasteiger partial charge in [-0.2, -0.15) is 5.10 Å². The molecule has 5 nitrogen and oxygen atoms in total. The number of rotatable bonds is 4. The van der Waals surface area contributed by atoms with Crippen LogP contribution in [0.25, 0.3) is 0 Å². The Kier molecular flexibility index (Phi) is 3.64. The van der Waals surface area contributed by atoms with Gasteiger partial charge in [-0.15, -0.1) is 0 Å². The lowest BCUT2D eigenvalue weighted by atomic mass is 10.2. The molecule has 2 rings (SSSR count). The highest BCUT2D eigenvalue weighted by molar-refractivity contribution is 5.80. The van der Waals surface area contributed by atoms with Gasteiger partial charge < -0.3 is 4.74 Å². The Bertz CT molecular complexity index is 617. The Labute approximate surface area is 112 Å². The van der Waals surface area contributed by atoms with Crippen molar-refractivity contribution in [2.75, 3.05) is 0 Å². The maximum absolute atomic E-state index is 11.1. The van der Waals surface area contributed by atoms with E-state index in [1.54, 1.807) is 18.7 Å². The first-order valence-corrected chi connectivity index (χ1v) is 6.20. The van der Waals surface area contributed by atoms with Crippen LogP contribution in [0.5, 0.6) is 11.6 Å². The zero-order valence-electron chi connectivity index (χ0n) is 11.6. The standard InChI is InChI=1S/C14H17N3O2/c1-5-12-13(7-6-9(2)15-12)19-14-11(8-18)10(3)16-17(14)4/h6-8H,5H2,1-4H3. The summed E-state index contributed by atoms with van der Waals surface area (Å²) >= 11 is 0. The molecule has 0 aromatic carbocycles. The Hall–Kier alpha value is -2.17. The molecule has 0 bridgehead atoms. The molecule has 0 N–H and O–H groups in total. The summed E-state index contributed by atoms with van der Waals surface area (Å²) in [6.45, 7) is 5.74. The summed E-state index contributed by atoms with van der Waals surface area (Å²) < 4.78 is 7.40. The van der Waals surface area contributed by atoms with Crippen molar-refractivity contribution in [1.29, 1.82) is 0 Å². The molecule has 19 heavy (non-hydrogen) atoms. The largest absolute Gasteiger partial charge is 0.437 e. The van der Waals surface area contributed by atoms with Crippen LogP contribution in [0.2, 0.25) is 0 Å². The van der Waals surface area contributed by atoms with Gasteiger partial charge in [-0.05, 0) is 32.4 Å². The van der Waals surface area contributed by atoms with E-state index in [0.717, 1.165) is 24.1 Å². The molecule has 0 amide bonds. The van der Waals surface area contributed by atoms with E-state index in [4.69, 9.17) is 4.74 Å². The number of aldehydes is 1. The van der Waals surface area contributed by atoms with Crippen LogP contribution in [0.3, 0.4) is 0 Å². The van der Waals surface area contributed by atoms with Crippen LogP contribution in [0, 0.1) is 13.8 Å². The smallest absolute Gasteiger partial charge is 0.228 e. The number of aryl methyl sites for hydroxylation is 4. The zero-order valence-corrected chi connectivity index (χ0v) is 11.6. The normalized spacial score (nSPS) is 10.5. The fourth-order valence-electron chi connectivity index (χ4n) is 1.96. The lowest BCUT2D eigenvalue weighted by molar-refractivity contribution is 0.112. The lowest BCUT2D eigenvalue weighted by Crippen LogP contribution is -2.00. The quantitative estimate of drug-likeness (QED) is 0.792. The second-order valence-corrected chi connectivity index (χ2v) is 4.40. The molecule has 0 aliphatic carbocycles. The van der Waals surface area contributed by atoms with Gasteiger partial charge in [0.2, 0.25) is 5.88 Å². The van der Waals surface area contributed by atoms with Crippen molar-refractivity contribution in [1.82, 2.24) is 14.8 Å². The van der Waals surface area contributed by atoms with Gasteiger partial charge >= 0.3 is 0 Å². The van der Waals surface area contributed by atoms with Gasteiger partial charge in [0.15, 0.2) is 12.0 Å². The Morgan fingerprint density at radius 2 is 2.11 bits per heavy atom. The molecule has 0 spiro atoms. The number of nitrogens with zero attached hydrogens (tertiary/aromatic N) is 3. The summed E-state index contributed by atoms with van der Waals surface area (Å²) in [6, 6.07) is 3.76. The van der Waals surface area contributed by atoms with Gasteiger partial charge in [0.1, 0.15) is 0 Å². The van der Waals surface area contributed by atoms with Gasteiger partial charge in [0, 0.05) is 12.7 Å². The predicted octanol–water partition coefficient (Wildman–Crippen LogP) is 2.60. The predicted molar refractivity (Wildman–Crippen MR) is 71.8 cm³/mol. The van der Waals surface area contributed by atoms with E-state index < -0.39 is 0 Å². The average Bonchev–Trinajstić information content (AvgIpc) is 2.65. The molecular weight excluding hydrogens is 242 g/mol. The number of hydrogen-bond donors (Lipinski definition) is 0. The van der Waals surface area contributed by atoms with Gasteiger partial charge in [-0.3, -0.25) is 9.78 Å². The van der Waals surface area contributed by atoms with Gasteiger partial charge in [0.25, 0.3) is 0 Å². The molecule has 0 atom stereocenters. The topological polar surface area (TPSA) is 57.0 Å². The molecule has 0 unspecified atom stereocenters. The Morgan fingerprint density at radius 1 is 1.37 bits per heavy atom. The van der Waals surface area contributed by atoms with E-state index in [9.17, 15) is 4.79 Å². The minimum atomic E-state index is 0.452. The van der Waals surface area contributed by atoms with Crippen molar-refractivity contribution in [2.24, 2.45) is 7.05 Å². The van der Waals surface area contributed by atoms with E-state index in [1.165, 1.54) is 0 Å². The Morgan fingerprint density at radius 3 is 2.74 bits per heavy atom. The monoisotopic (exact) mass is 259 g/mol. The van der Waals surface area contributed by atoms with Gasteiger partial charge in [-0.1, -0.05) is 6.92 Å². The highest BCUT2D eigenvalue weighted by Gasteiger charge is 2.16. The Balaban J connectivity index is 2.44. The molecule has 2 aromatic rings. The number of carbonyl (C=O) groups is 1. The molecule has 2 aromatic heterocycles. The molecule has 0 fully saturated rings. The van der Waals surface area contributed by atoms with Crippen molar-refractivity contribution in [3.63, 3.8) is 0 Å². The summed E-state index contributed by atoms with van der Waals surface area (Å²) in [5, 5.41) is 4.19. The second kappa shape index (κ2) is 5.22. The van der Waals surface area contributed by atoms with Gasteiger partial charge in [-0.25, -0.2) is 4.68 Å². The number of ether oxygens (including phenoxy) is 1. The molecule has 0 saturated heterocycles. The fraction of sp³-hybridized carbons (Fsp3) is 0.357. The number of aromatic nitrogens is 3. The van der Waals surface area contributed by atoms with Crippen LogP contribution in [0.4, 0.5) is 0 Å². The summed E-state index contributed by atoms with van der Waals surface area (Å²) in [6.07, 6.45) is 1.54. The lowest BCUT2D eigenvalue weighted by Gasteiger charge is -2.10. The molecule has 2 heterocycles. The maximum atomic E-state index is 11.1. The minimum Gasteiger partial charge on any atom is -0.437 e. The van der Waals surface area contributed by atoms with Crippen LogP contribution >= 0.6 is 0 Å². The average molecular weight is 259 g/mol. The second-order valence-electron chi connectivity index (χ2n) is 4.40. The SMILES string of the molecule is CCc1nc(C)ccc1Oc1c(C=O)c(C)nn1C. The van der Waals surface area contributed by atoms with Crippen LogP contribution in [-0.2, 0) is 13.5 Å². The maximum Gasteiger partial charge on any atom is 0.228 e. The fourth-order valence-corrected chi connectivity index (χ4v) is 1.96. The van der Waals surface area contributed by atoms with E-state index in [-0.39, 0.29) is 0 Å². The first kappa shape index (κ1) is 13.3. The molecule has 100 valence electrons. The third-order valence-electron chi connectivity index (χ3n) is 2.95. The molecule has 0 radical (unpaired) electrons. The highest BCUT2D eigenvalue weighted by Crippen LogP contribution is 2.28. The van der Waals surface area contributed by atoms with E-state index in [0.29, 0.717) is 22.9 Å². The summed E-state index contributed by atoms with van der Waals surface area (Å²) in [5.41, 5.74) is 2.95. The van der Waals surface area contributed by atoms with E-state index >= 15 is 0 Å². The highest BCUT2D eigenvalue weighted by atomic mass is 16.5. The van der Waals surface area contributed by atoms with Crippen molar-refractivity contribution in [3.05, 3.63) is 34.8 Å². The van der Waals surface area contributed by atoms with Crippen molar-refractivity contribution in [3.8, 4) is 11.6 Å². The first-order valence-electron chi connectivity index (χ1n) is 6.20. The molecule has 0 saturated carbocycles. The molecular formula is C14H17N3O2. The molecule has 0 aliphatic heterocycles. The third-order valence-corrected chi connectivity index (χ3v) is 2.95. The van der Waals surface area contributed by atoms with Crippen LogP contribution in [-0.4, -0.2) is 21.1 Å². The summed E-state index contributed by atoms with van der Waals surface area (Å²) in [7, 11) is 1.75. The summed E-state index contributed by atoms with van der Waals surface area (Å²) in [4.78, 5) is 15.5. The van der Waals surface area contributed by atoms with Crippen LogP contribution < -0.4 is 4.74 Å². The van der Waals surface area contributed by atoms with Crippen molar-refractivity contribution < 1.29 is 9.53 Å². The first-order chi connectivity index (χ1) is 9.06.